The molecule has 0 radical (unpaired) electrons. The number of carbonyl (C=O) groups excluding carboxylic acids is 1. The van der Waals surface area contributed by atoms with Crippen molar-refractivity contribution in [1.29, 1.82) is 0 Å². The Kier molecular flexibility index (Phi) is 6.38. The quantitative estimate of drug-likeness (QED) is 0.585. The molecule has 0 spiro atoms. The van der Waals surface area contributed by atoms with Crippen LogP contribution in [0.15, 0.2) is 77.7 Å². The zero-order chi connectivity index (χ0) is 18.3. The minimum Gasteiger partial charge on any atom is -0.322 e. The Bertz CT molecular complexity index is 904. The first kappa shape index (κ1) is 18.8. The van der Waals surface area contributed by atoms with Crippen LogP contribution in [0.3, 0.4) is 0 Å². The summed E-state index contributed by atoms with van der Waals surface area (Å²) in [5, 5.41) is 3.13. The summed E-state index contributed by atoms with van der Waals surface area (Å²) in [4.78, 5) is 11.8. The standard InChI is InChI=1S/C18H17ClN2O3S/c1-2-3-4-8-18(22)20-16-6-5-7-17(13-16)25(23,24)21-15-11-9-14(19)10-12-15/h2-13,21H,1H3,(H,20,22). The number of allylic oxidation sites excluding steroid dienone is 3. The summed E-state index contributed by atoms with van der Waals surface area (Å²) in [5.74, 6) is -0.349. The molecule has 2 rings (SSSR count). The van der Waals surface area contributed by atoms with Crippen LogP contribution in [0.4, 0.5) is 11.4 Å². The van der Waals surface area contributed by atoms with Crippen molar-refractivity contribution in [2.24, 2.45) is 0 Å². The maximum absolute atomic E-state index is 12.5. The second-order valence-corrected chi connectivity index (χ2v) is 7.13. The lowest BCUT2D eigenvalue weighted by Gasteiger charge is -2.10. The van der Waals surface area contributed by atoms with Gasteiger partial charge < -0.3 is 5.32 Å². The van der Waals surface area contributed by atoms with Crippen LogP contribution in [0.25, 0.3) is 0 Å². The van der Waals surface area contributed by atoms with Gasteiger partial charge in [0.25, 0.3) is 10.0 Å². The number of amides is 1. The number of nitrogens with one attached hydrogen (secondary N) is 2. The lowest BCUT2D eigenvalue weighted by molar-refractivity contribution is -0.111. The van der Waals surface area contributed by atoms with Gasteiger partial charge in [0.2, 0.25) is 5.91 Å². The molecule has 2 aromatic rings. The topological polar surface area (TPSA) is 75.3 Å². The molecule has 0 heterocycles. The molecule has 0 aliphatic carbocycles. The monoisotopic (exact) mass is 376 g/mol. The van der Waals surface area contributed by atoms with E-state index in [0.717, 1.165) is 0 Å². The Hall–Kier alpha value is -2.57. The molecule has 2 N–H and O–H groups in total. The number of carbonyl (C=O) groups is 1. The molecule has 1 amide bonds. The highest BCUT2D eigenvalue weighted by atomic mass is 35.5. The van der Waals surface area contributed by atoms with Gasteiger partial charge in [-0.15, -0.1) is 0 Å². The van der Waals surface area contributed by atoms with Crippen molar-refractivity contribution in [3.8, 4) is 0 Å². The number of halogens is 1. The van der Waals surface area contributed by atoms with Gasteiger partial charge in [-0.05, 0) is 49.4 Å². The first-order valence-corrected chi connectivity index (χ1v) is 9.25. The molecule has 7 heteroatoms. The Labute approximate surface area is 152 Å². The van der Waals surface area contributed by atoms with Gasteiger partial charge in [0.1, 0.15) is 0 Å². The van der Waals surface area contributed by atoms with Crippen LogP contribution in [-0.2, 0) is 14.8 Å². The smallest absolute Gasteiger partial charge is 0.261 e. The van der Waals surface area contributed by atoms with Gasteiger partial charge in [-0.2, -0.15) is 0 Å². The Morgan fingerprint density at radius 3 is 2.44 bits per heavy atom. The van der Waals surface area contributed by atoms with Gasteiger partial charge in [-0.3, -0.25) is 9.52 Å². The zero-order valence-corrected chi connectivity index (χ0v) is 15.0. The van der Waals surface area contributed by atoms with Gasteiger partial charge in [0.15, 0.2) is 0 Å². The largest absolute Gasteiger partial charge is 0.322 e. The van der Waals surface area contributed by atoms with E-state index < -0.39 is 10.0 Å². The highest BCUT2D eigenvalue weighted by Gasteiger charge is 2.15. The predicted octanol–water partition coefficient (Wildman–Crippen LogP) is 4.21. The molecular weight excluding hydrogens is 360 g/mol. The molecule has 0 aliphatic heterocycles. The lowest BCUT2D eigenvalue weighted by atomic mass is 10.3. The molecule has 130 valence electrons. The Morgan fingerprint density at radius 1 is 1.04 bits per heavy atom. The van der Waals surface area contributed by atoms with E-state index in [1.165, 1.54) is 18.2 Å². The van der Waals surface area contributed by atoms with Crippen LogP contribution in [0.1, 0.15) is 6.92 Å². The first-order chi connectivity index (χ1) is 11.9. The third-order valence-corrected chi connectivity index (χ3v) is 4.69. The van der Waals surface area contributed by atoms with E-state index in [4.69, 9.17) is 11.6 Å². The fourth-order valence-electron chi connectivity index (χ4n) is 1.91. The van der Waals surface area contributed by atoms with Gasteiger partial charge >= 0.3 is 0 Å². The normalized spacial score (nSPS) is 11.8. The summed E-state index contributed by atoms with van der Waals surface area (Å²) in [6.45, 7) is 1.84. The van der Waals surface area contributed by atoms with Crippen LogP contribution in [0, 0.1) is 0 Å². The molecule has 0 aromatic heterocycles. The molecule has 25 heavy (non-hydrogen) atoms. The van der Waals surface area contributed by atoms with Gasteiger partial charge in [0, 0.05) is 22.5 Å². The second kappa shape index (κ2) is 8.50. The number of sulfonamides is 1. The van der Waals surface area contributed by atoms with E-state index >= 15 is 0 Å². The number of hydrogen-bond donors (Lipinski definition) is 2. The number of hydrogen-bond acceptors (Lipinski definition) is 3. The Balaban J connectivity index is 2.16. The summed E-state index contributed by atoms with van der Waals surface area (Å²) in [6, 6.07) is 12.3. The summed E-state index contributed by atoms with van der Waals surface area (Å²) in [5.41, 5.74) is 0.780. The van der Waals surface area contributed by atoms with E-state index in [1.807, 2.05) is 6.92 Å². The van der Waals surface area contributed by atoms with E-state index in [9.17, 15) is 13.2 Å². The molecule has 0 saturated heterocycles. The van der Waals surface area contributed by atoms with Gasteiger partial charge in [0.05, 0.1) is 4.90 Å². The fourth-order valence-corrected chi connectivity index (χ4v) is 3.14. The molecule has 0 unspecified atom stereocenters. The number of rotatable bonds is 6. The van der Waals surface area contributed by atoms with Crippen molar-refractivity contribution in [3.05, 3.63) is 77.9 Å². The van der Waals surface area contributed by atoms with Crippen LogP contribution >= 0.6 is 11.6 Å². The van der Waals surface area contributed by atoms with Crippen LogP contribution in [-0.4, -0.2) is 14.3 Å². The molecule has 0 fully saturated rings. The summed E-state index contributed by atoms with van der Waals surface area (Å²) >= 11 is 5.79. The average Bonchev–Trinajstić information content (AvgIpc) is 2.57. The van der Waals surface area contributed by atoms with E-state index in [2.05, 4.69) is 10.0 Å². The van der Waals surface area contributed by atoms with Crippen molar-refractivity contribution in [2.45, 2.75) is 11.8 Å². The van der Waals surface area contributed by atoms with Crippen molar-refractivity contribution in [2.75, 3.05) is 10.0 Å². The minimum atomic E-state index is -3.78. The second-order valence-electron chi connectivity index (χ2n) is 5.01. The van der Waals surface area contributed by atoms with Gasteiger partial charge in [-0.1, -0.05) is 35.9 Å². The SMILES string of the molecule is CC=CC=CC(=O)Nc1cccc(S(=O)(=O)Nc2ccc(Cl)cc2)c1. The molecule has 5 nitrogen and oxygen atoms in total. The van der Waals surface area contributed by atoms with Crippen molar-refractivity contribution >= 4 is 38.9 Å². The third-order valence-electron chi connectivity index (χ3n) is 3.06. The summed E-state index contributed by atoms with van der Waals surface area (Å²) in [7, 11) is -3.78. The predicted molar refractivity (Wildman–Crippen MR) is 101 cm³/mol. The van der Waals surface area contributed by atoms with Crippen LogP contribution in [0.5, 0.6) is 0 Å². The van der Waals surface area contributed by atoms with E-state index in [0.29, 0.717) is 16.4 Å². The van der Waals surface area contributed by atoms with E-state index in [-0.39, 0.29) is 10.8 Å². The lowest BCUT2D eigenvalue weighted by Crippen LogP contribution is -2.14. The highest BCUT2D eigenvalue weighted by molar-refractivity contribution is 7.92. The van der Waals surface area contributed by atoms with Crippen LogP contribution in [0.2, 0.25) is 5.02 Å². The molecule has 2 aromatic carbocycles. The average molecular weight is 377 g/mol. The van der Waals surface area contributed by atoms with E-state index in [1.54, 1.807) is 54.6 Å². The summed E-state index contributed by atoms with van der Waals surface area (Å²) in [6.07, 6.45) is 6.46. The third kappa shape index (κ3) is 5.77. The molecular formula is C18H17ClN2O3S. The number of benzene rings is 2. The van der Waals surface area contributed by atoms with Crippen molar-refractivity contribution in [1.82, 2.24) is 0 Å². The van der Waals surface area contributed by atoms with Crippen molar-refractivity contribution in [3.63, 3.8) is 0 Å². The number of anilines is 2. The molecule has 0 saturated carbocycles. The maximum Gasteiger partial charge on any atom is 0.261 e. The van der Waals surface area contributed by atoms with Crippen molar-refractivity contribution < 1.29 is 13.2 Å². The highest BCUT2D eigenvalue weighted by Crippen LogP contribution is 2.20. The maximum atomic E-state index is 12.5. The molecule has 0 bridgehead atoms. The van der Waals surface area contributed by atoms with Gasteiger partial charge in [-0.25, -0.2) is 8.42 Å². The Morgan fingerprint density at radius 2 is 1.76 bits per heavy atom. The summed E-state index contributed by atoms with van der Waals surface area (Å²) < 4.78 is 27.4. The minimum absolute atomic E-state index is 0.0395. The molecule has 0 atom stereocenters. The van der Waals surface area contributed by atoms with Crippen LogP contribution < -0.4 is 10.0 Å². The first-order valence-electron chi connectivity index (χ1n) is 7.39. The fraction of sp³-hybridized carbons (Fsp3) is 0.0556. The zero-order valence-electron chi connectivity index (χ0n) is 13.4. The molecule has 0 aliphatic rings.